The Labute approximate surface area is 179 Å². The molecule has 0 unspecified atom stereocenters. The van der Waals surface area contributed by atoms with E-state index in [0.717, 1.165) is 21.9 Å². The molecule has 0 atom stereocenters. The van der Waals surface area contributed by atoms with Gasteiger partial charge in [-0.05, 0) is 30.7 Å². The van der Waals surface area contributed by atoms with E-state index < -0.39 is 0 Å². The van der Waals surface area contributed by atoms with E-state index in [9.17, 15) is 4.79 Å². The first kappa shape index (κ1) is 21.2. The molecule has 3 aromatic rings. The van der Waals surface area contributed by atoms with Crippen molar-refractivity contribution in [2.24, 2.45) is 0 Å². The lowest BCUT2D eigenvalue weighted by Crippen LogP contribution is -2.25. The van der Waals surface area contributed by atoms with Crippen LogP contribution < -0.4 is 5.73 Å². The van der Waals surface area contributed by atoms with Gasteiger partial charge in [0.05, 0.1) is 34.6 Å². The van der Waals surface area contributed by atoms with E-state index in [1.807, 2.05) is 6.92 Å². The van der Waals surface area contributed by atoms with E-state index in [-0.39, 0.29) is 5.91 Å². The fourth-order valence-electron chi connectivity index (χ4n) is 2.74. The van der Waals surface area contributed by atoms with E-state index in [1.165, 1.54) is 20.5 Å². The molecule has 152 valence electrons. The first-order valence-corrected chi connectivity index (χ1v) is 9.51. The van der Waals surface area contributed by atoms with Gasteiger partial charge < -0.3 is 5.73 Å². The molecular weight excluding hydrogens is 402 g/mol. The van der Waals surface area contributed by atoms with Gasteiger partial charge in [-0.3, -0.25) is 9.63 Å². The van der Waals surface area contributed by atoms with Crippen molar-refractivity contribution in [2.75, 3.05) is 19.9 Å². The zero-order valence-electron chi connectivity index (χ0n) is 16.8. The van der Waals surface area contributed by atoms with Crippen LogP contribution in [0.1, 0.15) is 34.1 Å². The lowest BCUT2D eigenvalue weighted by atomic mass is 10.0. The second kappa shape index (κ2) is 9.35. The third-order valence-corrected chi connectivity index (χ3v) is 4.72. The van der Waals surface area contributed by atoms with Crippen molar-refractivity contribution in [3.05, 3.63) is 70.3 Å². The number of aryl methyl sites for hydroxylation is 1. The average molecular weight is 422 g/mol. The van der Waals surface area contributed by atoms with Gasteiger partial charge >= 0.3 is 0 Å². The summed E-state index contributed by atoms with van der Waals surface area (Å²) in [6, 6.07) is 8.61. The molecule has 0 aliphatic rings. The van der Waals surface area contributed by atoms with Crippen LogP contribution in [-0.2, 0) is 11.3 Å². The molecule has 2 heterocycles. The number of hydrogen-bond acceptors (Lipinski definition) is 6. The number of carbonyl (C=O) groups excluding carboxylic acids is 1. The van der Waals surface area contributed by atoms with Gasteiger partial charge in [0.1, 0.15) is 12.1 Å². The van der Waals surface area contributed by atoms with Gasteiger partial charge in [0.25, 0.3) is 5.91 Å². The minimum absolute atomic E-state index is 0.291. The number of pyridine rings is 1. The third-order valence-electron chi connectivity index (χ3n) is 4.41. The number of carbonyl (C=O) groups is 1. The van der Waals surface area contributed by atoms with Crippen LogP contribution in [0.25, 0.3) is 11.3 Å². The van der Waals surface area contributed by atoms with E-state index in [0.29, 0.717) is 34.1 Å². The quantitative estimate of drug-likeness (QED) is 0.512. The number of nitrogen functional groups attached to an aromatic ring is 1. The summed E-state index contributed by atoms with van der Waals surface area (Å²) in [5, 5.41) is 1.40. The Bertz CT molecular complexity index is 1140. The Kier molecular flexibility index (Phi) is 6.62. The van der Waals surface area contributed by atoms with E-state index in [4.69, 9.17) is 22.2 Å². The molecule has 0 radical (unpaired) electrons. The van der Waals surface area contributed by atoms with Gasteiger partial charge in [-0.1, -0.05) is 36.4 Å². The van der Waals surface area contributed by atoms with Crippen LogP contribution in [0.4, 0.5) is 5.82 Å². The second-order valence-corrected chi connectivity index (χ2v) is 6.71. The minimum Gasteiger partial charge on any atom is -0.384 e. The first-order chi connectivity index (χ1) is 14.4. The Morgan fingerprint density at radius 2 is 2.00 bits per heavy atom. The average Bonchev–Trinajstić information content (AvgIpc) is 2.77. The molecule has 0 fully saturated rings. The molecule has 30 heavy (non-hydrogen) atoms. The monoisotopic (exact) mass is 421 g/mol. The molecule has 1 amide bonds. The summed E-state index contributed by atoms with van der Waals surface area (Å²) < 4.78 is 0. The lowest BCUT2D eigenvalue weighted by Gasteiger charge is -2.15. The smallest absolute Gasteiger partial charge is 0.278 e. The van der Waals surface area contributed by atoms with Crippen LogP contribution in [0.3, 0.4) is 0 Å². The van der Waals surface area contributed by atoms with Crippen molar-refractivity contribution < 1.29 is 9.63 Å². The zero-order chi connectivity index (χ0) is 21.7. The number of anilines is 1. The Balaban J connectivity index is 2.06. The number of rotatable bonds is 4. The highest BCUT2D eigenvalue weighted by Crippen LogP contribution is 2.28. The molecule has 0 aliphatic carbocycles. The van der Waals surface area contributed by atoms with Crippen molar-refractivity contribution in [3.63, 3.8) is 0 Å². The predicted octanol–water partition coefficient (Wildman–Crippen LogP) is 3.37. The fourth-order valence-corrected chi connectivity index (χ4v) is 3.00. The summed E-state index contributed by atoms with van der Waals surface area (Å²) in [6.07, 6.45) is 3.79. The lowest BCUT2D eigenvalue weighted by molar-refractivity contribution is -0.0756. The van der Waals surface area contributed by atoms with E-state index in [2.05, 4.69) is 26.8 Å². The van der Waals surface area contributed by atoms with Gasteiger partial charge in [0.15, 0.2) is 0 Å². The van der Waals surface area contributed by atoms with Crippen LogP contribution in [0.15, 0.2) is 42.9 Å². The Morgan fingerprint density at radius 3 is 2.63 bits per heavy atom. The van der Waals surface area contributed by atoms with Crippen LogP contribution in [-0.4, -0.2) is 40.1 Å². The number of amides is 1. The summed E-state index contributed by atoms with van der Waals surface area (Å²) in [4.78, 5) is 30.1. The van der Waals surface area contributed by atoms with Gasteiger partial charge in [0.2, 0.25) is 0 Å². The van der Waals surface area contributed by atoms with Gasteiger partial charge in [0, 0.05) is 24.4 Å². The highest BCUT2D eigenvalue weighted by molar-refractivity contribution is 6.34. The van der Waals surface area contributed by atoms with E-state index in [1.54, 1.807) is 36.5 Å². The van der Waals surface area contributed by atoms with Crippen molar-refractivity contribution in [2.45, 2.75) is 13.3 Å². The second-order valence-electron chi connectivity index (χ2n) is 6.30. The van der Waals surface area contributed by atoms with Crippen LogP contribution >= 0.6 is 11.6 Å². The number of nitrogens with zero attached hydrogens (tertiary/aromatic N) is 4. The molecule has 0 aliphatic heterocycles. The number of halogens is 1. The molecule has 8 heteroatoms. The molecule has 0 saturated carbocycles. The molecule has 3 rings (SSSR count). The van der Waals surface area contributed by atoms with Crippen molar-refractivity contribution in [3.8, 4) is 23.1 Å². The van der Waals surface area contributed by atoms with Gasteiger partial charge in [-0.25, -0.2) is 20.0 Å². The van der Waals surface area contributed by atoms with Crippen molar-refractivity contribution in [1.29, 1.82) is 0 Å². The van der Waals surface area contributed by atoms with Gasteiger partial charge in [-0.15, -0.1) is 0 Å². The standard InChI is InChI=1S/C22H20ClN5O2/c1-4-19-17(8-5-14-6-10-20(24)25-12-14)21(27-13-26-19)15-7-9-16(18(23)11-15)22(29)28(2)30-3/h6-7,9-13H,4H2,1-3H3,(H2,24,25). The van der Waals surface area contributed by atoms with Crippen molar-refractivity contribution >= 4 is 23.3 Å². The zero-order valence-corrected chi connectivity index (χ0v) is 17.6. The summed E-state index contributed by atoms with van der Waals surface area (Å²) >= 11 is 6.39. The number of aromatic nitrogens is 3. The fraction of sp³-hybridized carbons (Fsp3) is 0.182. The maximum absolute atomic E-state index is 12.3. The summed E-state index contributed by atoms with van der Waals surface area (Å²) in [6.45, 7) is 2.00. The number of nitrogens with two attached hydrogens (primary N) is 1. The van der Waals surface area contributed by atoms with Crippen LogP contribution in [0.5, 0.6) is 0 Å². The normalized spacial score (nSPS) is 10.3. The summed E-state index contributed by atoms with van der Waals surface area (Å²) in [7, 11) is 2.93. The SMILES string of the molecule is CCc1ncnc(-c2ccc(C(=O)N(C)OC)c(Cl)c2)c1C#Cc1ccc(N)nc1. The Hall–Kier alpha value is -3.47. The first-order valence-electron chi connectivity index (χ1n) is 9.14. The largest absolute Gasteiger partial charge is 0.384 e. The predicted molar refractivity (Wildman–Crippen MR) is 116 cm³/mol. The highest BCUT2D eigenvalue weighted by Gasteiger charge is 2.17. The maximum atomic E-state index is 12.3. The number of hydrogen-bond donors (Lipinski definition) is 1. The number of benzene rings is 1. The van der Waals surface area contributed by atoms with Crippen LogP contribution in [0.2, 0.25) is 5.02 Å². The molecule has 0 saturated heterocycles. The molecule has 2 aromatic heterocycles. The third kappa shape index (κ3) is 4.57. The van der Waals surface area contributed by atoms with Crippen LogP contribution in [0, 0.1) is 11.8 Å². The maximum Gasteiger partial charge on any atom is 0.278 e. The molecule has 0 spiro atoms. The summed E-state index contributed by atoms with van der Waals surface area (Å²) in [5.74, 6) is 6.33. The molecule has 0 bridgehead atoms. The molecule has 7 nitrogen and oxygen atoms in total. The molecule has 2 N–H and O–H groups in total. The summed E-state index contributed by atoms with van der Waals surface area (Å²) in [5.41, 5.74) is 9.56. The van der Waals surface area contributed by atoms with Gasteiger partial charge in [-0.2, -0.15) is 0 Å². The number of hydroxylamine groups is 2. The Morgan fingerprint density at radius 1 is 1.20 bits per heavy atom. The topological polar surface area (TPSA) is 94.2 Å². The minimum atomic E-state index is -0.346. The highest BCUT2D eigenvalue weighted by atomic mass is 35.5. The van der Waals surface area contributed by atoms with Crippen molar-refractivity contribution in [1.82, 2.24) is 20.0 Å². The van der Waals surface area contributed by atoms with E-state index >= 15 is 0 Å². The molecular formula is C22H20ClN5O2. The molecule has 1 aromatic carbocycles.